The van der Waals surface area contributed by atoms with E-state index in [2.05, 4.69) is 27.5 Å². The molecule has 0 unspecified atom stereocenters. The van der Waals surface area contributed by atoms with Gasteiger partial charge in [-0.2, -0.15) is 0 Å². The molecule has 0 saturated carbocycles. The van der Waals surface area contributed by atoms with Gasteiger partial charge in [-0.3, -0.25) is 4.79 Å². The summed E-state index contributed by atoms with van der Waals surface area (Å²) in [5, 5.41) is 6.22. The number of rotatable bonds is 5. The molecular weight excluding hydrogens is 336 g/mol. The summed E-state index contributed by atoms with van der Waals surface area (Å²) in [5.41, 5.74) is 6.13. The molecular formula is C22H24N4O. The molecule has 3 rings (SSSR count). The smallest absolute Gasteiger partial charge is 0.274 e. The Morgan fingerprint density at radius 2 is 1.67 bits per heavy atom. The largest absolute Gasteiger partial charge is 0.324 e. The number of amides is 1. The SMILES string of the molecule is CCc1ccccc1NC(=O)c1cc(C)nc(Nc2c(C)cccc2C)n1. The Morgan fingerprint density at radius 3 is 2.37 bits per heavy atom. The second-order valence-corrected chi connectivity index (χ2v) is 6.57. The van der Waals surface area contributed by atoms with Gasteiger partial charge in [0.2, 0.25) is 5.95 Å². The summed E-state index contributed by atoms with van der Waals surface area (Å²) in [6.07, 6.45) is 0.846. The van der Waals surface area contributed by atoms with Crippen LogP contribution < -0.4 is 10.6 Å². The Hall–Kier alpha value is -3.21. The molecule has 0 bridgehead atoms. The minimum Gasteiger partial charge on any atom is -0.324 e. The van der Waals surface area contributed by atoms with Gasteiger partial charge in [0.15, 0.2) is 0 Å². The number of hydrogen-bond acceptors (Lipinski definition) is 4. The summed E-state index contributed by atoms with van der Waals surface area (Å²) < 4.78 is 0. The number of nitrogens with one attached hydrogen (secondary N) is 2. The molecule has 5 nitrogen and oxygen atoms in total. The van der Waals surface area contributed by atoms with E-state index >= 15 is 0 Å². The molecule has 2 N–H and O–H groups in total. The molecule has 0 saturated heterocycles. The van der Waals surface area contributed by atoms with Gasteiger partial charge in [-0.15, -0.1) is 0 Å². The monoisotopic (exact) mass is 360 g/mol. The van der Waals surface area contributed by atoms with Gasteiger partial charge in [-0.1, -0.05) is 43.3 Å². The first-order valence-corrected chi connectivity index (χ1v) is 9.06. The number of carbonyl (C=O) groups excluding carboxylic acids is 1. The Balaban J connectivity index is 1.88. The molecule has 0 aliphatic carbocycles. The highest BCUT2D eigenvalue weighted by molar-refractivity contribution is 6.03. The zero-order chi connectivity index (χ0) is 19.4. The van der Waals surface area contributed by atoms with Crippen molar-refractivity contribution >= 4 is 23.2 Å². The molecule has 0 aliphatic heterocycles. The van der Waals surface area contributed by atoms with Crippen molar-refractivity contribution in [1.82, 2.24) is 9.97 Å². The summed E-state index contributed by atoms with van der Waals surface area (Å²) >= 11 is 0. The number of aromatic nitrogens is 2. The second-order valence-electron chi connectivity index (χ2n) is 6.57. The average molecular weight is 360 g/mol. The number of hydrogen-bond donors (Lipinski definition) is 2. The normalized spacial score (nSPS) is 10.5. The fourth-order valence-electron chi connectivity index (χ4n) is 3.00. The highest BCUT2D eigenvalue weighted by Gasteiger charge is 2.13. The molecule has 3 aromatic rings. The number of benzene rings is 2. The summed E-state index contributed by atoms with van der Waals surface area (Å²) in [4.78, 5) is 21.6. The molecule has 27 heavy (non-hydrogen) atoms. The van der Waals surface area contributed by atoms with Crippen LogP contribution in [0.4, 0.5) is 17.3 Å². The van der Waals surface area contributed by atoms with Crippen molar-refractivity contribution in [2.75, 3.05) is 10.6 Å². The van der Waals surface area contributed by atoms with E-state index in [1.807, 2.05) is 63.2 Å². The Labute approximate surface area is 159 Å². The van der Waals surface area contributed by atoms with E-state index < -0.39 is 0 Å². The molecule has 5 heteroatoms. The third kappa shape index (κ3) is 4.31. The number of nitrogens with zero attached hydrogens (tertiary/aromatic N) is 2. The van der Waals surface area contributed by atoms with Gasteiger partial charge >= 0.3 is 0 Å². The van der Waals surface area contributed by atoms with Crippen molar-refractivity contribution in [2.24, 2.45) is 0 Å². The minimum atomic E-state index is -0.244. The van der Waals surface area contributed by atoms with Crippen molar-refractivity contribution < 1.29 is 4.79 Å². The molecule has 0 atom stereocenters. The van der Waals surface area contributed by atoms with Gasteiger partial charge in [0.1, 0.15) is 5.69 Å². The van der Waals surface area contributed by atoms with Crippen LogP contribution in [0.1, 0.15) is 39.8 Å². The lowest BCUT2D eigenvalue weighted by Gasteiger charge is -2.13. The van der Waals surface area contributed by atoms with E-state index in [-0.39, 0.29) is 5.91 Å². The van der Waals surface area contributed by atoms with Crippen LogP contribution in [0, 0.1) is 20.8 Å². The number of aryl methyl sites for hydroxylation is 4. The predicted octanol–water partition coefficient (Wildman–Crippen LogP) is 4.96. The molecule has 0 aliphatic rings. The molecule has 1 heterocycles. The van der Waals surface area contributed by atoms with E-state index in [0.29, 0.717) is 11.6 Å². The fraction of sp³-hybridized carbons (Fsp3) is 0.227. The van der Waals surface area contributed by atoms with Gasteiger partial charge in [-0.25, -0.2) is 9.97 Å². The first kappa shape index (κ1) is 18.6. The lowest BCUT2D eigenvalue weighted by atomic mass is 10.1. The van der Waals surface area contributed by atoms with Crippen molar-refractivity contribution in [3.63, 3.8) is 0 Å². The summed E-state index contributed by atoms with van der Waals surface area (Å²) in [6.45, 7) is 7.97. The van der Waals surface area contributed by atoms with Crippen LogP contribution in [0.5, 0.6) is 0 Å². The number of anilines is 3. The van der Waals surface area contributed by atoms with Crippen molar-refractivity contribution in [2.45, 2.75) is 34.1 Å². The lowest BCUT2D eigenvalue weighted by Crippen LogP contribution is -2.16. The van der Waals surface area contributed by atoms with Crippen LogP contribution in [0.3, 0.4) is 0 Å². The third-order valence-corrected chi connectivity index (χ3v) is 4.45. The first-order chi connectivity index (χ1) is 13.0. The number of para-hydroxylation sites is 2. The number of carbonyl (C=O) groups is 1. The molecule has 0 spiro atoms. The van der Waals surface area contributed by atoms with Crippen LogP contribution in [0.15, 0.2) is 48.5 Å². The van der Waals surface area contributed by atoms with Crippen LogP contribution in [0.2, 0.25) is 0 Å². The minimum absolute atomic E-state index is 0.244. The van der Waals surface area contributed by atoms with Gasteiger partial charge in [0, 0.05) is 17.1 Å². The van der Waals surface area contributed by atoms with Crippen molar-refractivity contribution in [1.29, 1.82) is 0 Å². The van der Waals surface area contributed by atoms with Crippen LogP contribution in [0.25, 0.3) is 0 Å². The van der Waals surface area contributed by atoms with Crippen LogP contribution in [-0.2, 0) is 6.42 Å². The van der Waals surface area contributed by atoms with E-state index in [1.54, 1.807) is 6.07 Å². The van der Waals surface area contributed by atoms with E-state index in [9.17, 15) is 4.79 Å². The standard InChI is InChI=1S/C22H24N4O/c1-5-17-11-6-7-12-18(17)24-21(27)19-13-16(4)23-22(25-19)26-20-14(2)9-8-10-15(20)3/h6-13H,5H2,1-4H3,(H,24,27)(H,23,25,26). The van der Waals surface area contributed by atoms with Gasteiger partial charge in [0.25, 0.3) is 5.91 Å². The highest BCUT2D eigenvalue weighted by Crippen LogP contribution is 2.23. The maximum Gasteiger partial charge on any atom is 0.274 e. The molecule has 2 aromatic carbocycles. The Bertz CT molecular complexity index is 962. The fourth-order valence-corrected chi connectivity index (χ4v) is 3.00. The third-order valence-electron chi connectivity index (χ3n) is 4.45. The molecule has 1 amide bonds. The summed E-state index contributed by atoms with van der Waals surface area (Å²) in [6, 6.07) is 15.6. The van der Waals surface area contributed by atoms with Gasteiger partial charge in [-0.05, 0) is 56.0 Å². The van der Waals surface area contributed by atoms with Gasteiger partial charge < -0.3 is 10.6 Å². The summed E-state index contributed by atoms with van der Waals surface area (Å²) in [7, 11) is 0. The van der Waals surface area contributed by atoms with Crippen molar-refractivity contribution in [3.8, 4) is 0 Å². The Morgan fingerprint density at radius 1 is 0.963 bits per heavy atom. The first-order valence-electron chi connectivity index (χ1n) is 9.06. The molecule has 138 valence electrons. The van der Waals surface area contributed by atoms with Crippen LogP contribution >= 0.6 is 0 Å². The van der Waals surface area contributed by atoms with E-state index in [1.165, 1.54) is 0 Å². The van der Waals surface area contributed by atoms with Crippen molar-refractivity contribution in [3.05, 3.63) is 76.6 Å². The molecule has 1 aromatic heterocycles. The molecule has 0 radical (unpaired) electrons. The highest BCUT2D eigenvalue weighted by atomic mass is 16.1. The lowest BCUT2D eigenvalue weighted by molar-refractivity contribution is 0.102. The van der Waals surface area contributed by atoms with E-state index in [0.717, 1.165) is 40.2 Å². The zero-order valence-corrected chi connectivity index (χ0v) is 16.1. The summed E-state index contributed by atoms with van der Waals surface area (Å²) in [5.74, 6) is 0.173. The second kappa shape index (κ2) is 7.99. The molecule has 0 fully saturated rings. The predicted molar refractivity (Wildman–Crippen MR) is 110 cm³/mol. The zero-order valence-electron chi connectivity index (χ0n) is 16.1. The van der Waals surface area contributed by atoms with Gasteiger partial charge in [0.05, 0.1) is 0 Å². The average Bonchev–Trinajstić information content (AvgIpc) is 2.65. The topological polar surface area (TPSA) is 66.9 Å². The maximum absolute atomic E-state index is 12.7. The van der Waals surface area contributed by atoms with Crippen LogP contribution in [-0.4, -0.2) is 15.9 Å². The quantitative estimate of drug-likeness (QED) is 0.675. The van der Waals surface area contributed by atoms with E-state index in [4.69, 9.17) is 0 Å². The Kier molecular flexibility index (Phi) is 5.50. The maximum atomic E-state index is 12.7.